The summed E-state index contributed by atoms with van der Waals surface area (Å²) < 4.78 is 39.4. The minimum atomic E-state index is -0.494. The number of benzene rings is 8. The molecule has 0 aliphatic heterocycles. The minimum absolute atomic E-state index is 0. The van der Waals surface area contributed by atoms with E-state index in [9.17, 15) is 33.6 Å². The van der Waals surface area contributed by atoms with E-state index in [1.54, 1.807) is 111 Å². The molecular formula is C102H102Br2ClN17O13S5Zn. The van der Waals surface area contributed by atoms with Crippen molar-refractivity contribution in [1.82, 2.24) is 68.2 Å². The van der Waals surface area contributed by atoms with Crippen molar-refractivity contribution in [1.29, 1.82) is 11.1 Å². The van der Waals surface area contributed by atoms with Gasteiger partial charge in [0.1, 0.15) is 65.3 Å². The van der Waals surface area contributed by atoms with Crippen molar-refractivity contribution < 1.29 is 70.9 Å². The van der Waals surface area contributed by atoms with E-state index in [0.717, 1.165) is 140 Å². The average molecular weight is 2200 g/mol. The number of halogens is 3. The Kier molecular flexibility index (Phi) is 42.5. The van der Waals surface area contributed by atoms with Crippen molar-refractivity contribution in [3.05, 3.63) is 368 Å². The molecule has 0 radical (unpaired) electrons. The topological polar surface area (TPSA) is 395 Å². The summed E-state index contributed by atoms with van der Waals surface area (Å²) in [6.45, 7) is 10.4. The molecule has 0 aliphatic rings. The number of aryl methyl sites for hydroxylation is 4. The van der Waals surface area contributed by atoms with Crippen LogP contribution in [0.1, 0.15) is 123 Å². The van der Waals surface area contributed by atoms with Crippen LogP contribution in [0.25, 0.3) is 73.5 Å². The third kappa shape index (κ3) is 28.8. The Morgan fingerprint density at radius 2 is 0.943 bits per heavy atom. The summed E-state index contributed by atoms with van der Waals surface area (Å²) in [5, 5.41) is 16.6. The molecule has 0 fully saturated rings. The van der Waals surface area contributed by atoms with Crippen molar-refractivity contribution in [2.24, 2.45) is 28.2 Å². The number of esters is 3. The first-order valence-corrected chi connectivity index (χ1v) is 55.7. The number of nitrogens with zero attached hydrogens (tertiary/aromatic N) is 13. The van der Waals surface area contributed by atoms with Crippen molar-refractivity contribution in [3.8, 4) is 11.5 Å². The molecule has 1 amide bonds. The van der Waals surface area contributed by atoms with Crippen LogP contribution in [0.5, 0.6) is 11.5 Å². The van der Waals surface area contributed by atoms with Crippen LogP contribution >= 0.6 is 97.8 Å². The number of aromatic nitrogens is 14. The number of anilines is 1. The number of nitrogens with one attached hydrogen (secondary N) is 4. The van der Waals surface area contributed by atoms with E-state index >= 15 is 0 Å². The number of methoxy groups -OCH3 is 2. The number of carbonyl (C=O) groups excluding carboxylic acids is 5. The van der Waals surface area contributed by atoms with E-state index in [1.807, 2.05) is 230 Å². The van der Waals surface area contributed by atoms with Gasteiger partial charge in [-0.3, -0.25) is 19.2 Å². The number of alkyl halides is 1. The third-order valence-electron chi connectivity index (χ3n) is 20.8. The Morgan fingerprint density at radius 3 is 1.40 bits per heavy atom. The number of hydrogen-bond acceptors (Lipinski definition) is 26. The van der Waals surface area contributed by atoms with E-state index in [1.165, 1.54) is 65.3 Å². The number of hydrogen-bond donors (Lipinski definition) is 4. The van der Waals surface area contributed by atoms with Gasteiger partial charge in [0, 0.05) is 84.7 Å². The number of fused-ring (bicyclic) bond motifs is 9. The third-order valence-corrected chi connectivity index (χ3v) is 26.8. The Balaban J connectivity index is 0.000000186. The van der Waals surface area contributed by atoms with Crippen LogP contribution in [0.2, 0.25) is 0 Å². The van der Waals surface area contributed by atoms with E-state index in [-0.39, 0.29) is 42.3 Å². The van der Waals surface area contributed by atoms with Crippen LogP contribution in [0.4, 0.5) is 5.69 Å². The second-order valence-corrected chi connectivity index (χ2v) is 37.0. The molecule has 0 spiro atoms. The average Bonchev–Trinajstić information content (AvgIpc) is 1.59. The van der Waals surface area contributed by atoms with Gasteiger partial charge in [-0.25, -0.2) is 60.1 Å². The van der Waals surface area contributed by atoms with Gasteiger partial charge in [0.15, 0.2) is 32.8 Å². The summed E-state index contributed by atoms with van der Waals surface area (Å²) in [6.07, 6.45) is 8.07. The van der Waals surface area contributed by atoms with Crippen LogP contribution in [-0.4, -0.2) is 145 Å². The molecule has 726 valence electrons. The van der Waals surface area contributed by atoms with E-state index in [2.05, 4.69) is 113 Å². The SMILES string of the molecule is CCOC(=O)c1c(C=O)c2sc(Cc3ccccc3)nc2n1C.CCOC(=O)c1cc2sc(Br)nc2[nH]1.CCOC(=O)c1cc2sc(Cc3ccccc3)nc2n1C.CN(C=O)c1ccccc1.COc1cccc(CCl)c1.COc1cccc(Cn2ncc3c4sc(Cc5ccccc5)nc4n(C)c3c2=O)c1.Cn1c2nc(Cc3ccccc3)sc2c2cn[nH]c(=O)c21.N=N.O.[CH2-]c1ccccc1.[HH].[Zn+][Br]. The number of ether oxygens (including phenoxy) is 5. The number of para-hydroxylation sites is 1. The monoisotopic (exact) mass is 2190 g/mol. The summed E-state index contributed by atoms with van der Waals surface area (Å²) in [4.78, 5) is 109. The van der Waals surface area contributed by atoms with Crippen LogP contribution in [0.3, 0.4) is 0 Å². The summed E-state index contributed by atoms with van der Waals surface area (Å²) >= 11 is 20.9. The first kappa shape index (κ1) is 109. The number of carbonyl (C=O) groups is 5. The number of rotatable bonds is 22. The summed E-state index contributed by atoms with van der Waals surface area (Å²) in [5.41, 5.74) is 25.4. The second-order valence-electron chi connectivity index (χ2n) is 30.1. The standard InChI is InChI=1S/C23H20N4O2S.C17H16N2O3S.C16H16N2O2S.C15H12N4OS.C8H7BrN2O2S.C8H9ClO.C8H9NO.C7H7.BrH.H2N2.H2O.Zn.H2/c1-26-20-18(21-22(26)25-19(30-21)12-15-7-4-3-5-8-15)13-24-27(23(20)28)14-16-9-6-10-17(11-16)29-2;1-3-22-17(21)14-12(10-20)15-16(19(14)2)18-13(23-15)9-11-7-5-4-6-8-11;1-3-20-16(19)12-10-13-15(18(12)2)17-14(21-13)9-11-7-5-4-6-8-11;1-19-12-10(8-16-18-15(12)20)13-14(19)17-11(21-13)7-9-5-3-2-4-6-9;1-2-13-7(12)4-3-5-6(10-4)11-8(9)14-5;1-10-8-4-2-3-7(5-8)6-9;1-9(7-10)8-5-3-2-4-6-8;1-7-5-3-2-4-6-7;;1-2;;;/h3-11,13H,12,14H2,1-2H3;4-8,10H,3,9H2,1-2H3;4-8,10H,3,9H2,1-2H3;2-6,8H,7H2,1H3,(H,18,20);3,10H,2H2,1H3;2-5H,6H2,1H3;2-7H,1H3;2-6H,1H2;1H;1-2H;1H2;;1H/q;;;;;;;-1;;;;+2;/p-1. The summed E-state index contributed by atoms with van der Waals surface area (Å²) in [6, 6.07) is 79.2. The van der Waals surface area contributed by atoms with Gasteiger partial charge in [0.25, 0.3) is 11.1 Å². The van der Waals surface area contributed by atoms with Crippen LogP contribution in [0.15, 0.2) is 269 Å². The fourth-order valence-corrected chi connectivity index (χ4v) is 20.3. The van der Waals surface area contributed by atoms with Gasteiger partial charge < -0.3 is 57.3 Å². The molecule has 20 aromatic rings. The molecule has 141 heavy (non-hydrogen) atoms. The van der Waals surface area contributed by atoms with E-state index < -0.39 is 5.97 Å². The molecule has 0 saturated heterocycles. The molecule has 0 saturated carbocycles. The van der Waals surface area contributed by atoms with Crippen molar-refractivity contribution in [2.45, 2.75) is 58.9 Å². The van der Waals surface area contributed by atoms with Crippen LogP contribution in [-0.2, 0) is 102 Å². The maximum atomic E-state index is 13.2. The Bertz CT molecular complexity index is 7560. The first-order chi connectivity index (χ1) is 68.0. The first-order valence-electron chi connectivity index (χ1n) is 43.3. The van der Waals surface area contributed by atoms with Crippen molar-refractivity contribution in [2.75, 3.05) is 46.0 Å². The zero-order valence-corrected chi connectivity index (χ0v) is 89.5. The van der Waals surface area contributed by atoms with Crippen molar-refractivity contribution >= 4 is 208 Å². The van der Waals surface area contributed by atoms with Crippen molar-refractivity contribution in [3.63, 3.8) is 0 Å². The molecule has 39 heteroatoms. The van der Waals surface area contributed by atoms with Crippen LogP contribution < -0.4 is 25.5 Å². The molecule has 0 atom stereocenters. The normalized spacial score (nSPS) is 10.4. The van der Waals surface area contributed by atoms with E-state index in [0.29, 0.717) is 77.6 Å². The van der Waals surface area contributed by atoms with Gasteiger partial charge in [0.2, 0.25) is 6.41 Å². The zero-order chi connectivity index (χ0) is 100. The molecule has 20 rings (SSSR count). The van der Waals surface area contributed by atoms with Gasteiger partial charge in [0.05, 0.1) is 82.0 Å². The summed E-state index contributed by atoms with van der Waals surface area (Å²) in [5.74, 6) is 1.03. The summed E-state index contributed by atoms with van der Waals surface area (Å²) in [7, 11) is 12.3. The molecule has 6 N–H and O–H groups in total. The molecule has 12 heterocycles. The molecular weight excluding hydrogens is 2090 g/mol. The Labute approximate surface area is 863 Å². The molecule has 8 aromatic carbocycles. The second kappa shape index (κ2) is 54.8. The molecule has 0 bridgehead atoms. The fraction of sp³-hybridized carbons (Fsp3) is 0.186. The maximum absolute atomic E-state index is 13.2. The predicted molar refractivity (Wildman–Crippen MR) is 568 cm³/mol. The van der Waals surface area contributed by atoms with Crippen LogP contribution in [0, 0.1) is 18.0 Å². The molecule has 12 aromatic heterocycles. The number of aldehydes is 1. The fourth-order valence-electron chi connectivity index (χ4n) is 14.2. The van der Waals surface area contributed by atoms with Gasteiger partial charge in [-0.15, -0.1) is 80.4 Å². The van der Waals surface area contributed by atoms with Gasteiger partial charge in [-0.05, 0) is 119 Å². The molecule has 0 aliphatic carbocycles. The Morgan fingerprint density at radius 1 is 0.511 bits per heavy atom. The Hall–Kier alpha value is -13.7. The molecule has 30 nitrogen and oxygen atoms in total. The van der Waals surface area contributed by atoms with Gasteiger partial charge >= 0.3 is 47.9 Å². The predicted octanol–water partition coefficient (Wildman–Crippen LogP) is 22.1. The van der Waals surface area contributed by atoms with E-state index in [4.69, 9.17) is 51.3 Å². The van der Waals surface area contributed by atoms with Gasteiger partial charge in [-0.1, -0.05) is 170 Å². The number of H-pyrrole nitrogens is 2. The zero-order valence-electron chi connectivity index (χ0n) is 78.6. The number of amides is 1. The quantitative estimate of drug-likeness (QED) is 0.00931. The molecule has 0 unspecified atom stereocenters. The van der Waals surface area contributed by atoms with Gasteiger partial charge in [-0.2, -0.15) is 34.8 Å². The number of thiazole rings is 5. The number of aromatic amines is 2.